The summed E-state index contributed by atoms with van der Waals surface area (Å²) < 4.78 is 0. The number of benzene rings is 2. The summed E-state index contributed by atoms with van der Waals surface area (Å²) >= 11 is 0. The van der Waals surface area contributed by atoms with Gasteiger partial charge in [0.25, 0.3) is 5.91 Å². The van der Waals surface area contributed by atoms with Crippen LogP contribution in [0.5, 0.6) is 0 Å². The summed E-state index contributed by atoms with van der Waals surface area (Å²) in [6.07, 6.45) is -0.149. The summed E-state index contributed by atoms with van der Waals surface area (Å²) in [6, 6.07) is 12.9. The molecule has 2 aromatic carbocycles. The van der Waals surface area contributed by atoms with Gasteiger partial charge in [0.05, 0.1) is 12.5 Å². The molecule has 2 N–H and O–H groups in total. The lowest BCUT2D eigenvalue weighted by Crippen LogP contribution is -2.33. The van der Waals surface area contributed by atoms with Gasteiger partial charge in [-0.15, -0.1) is 0 Å². The molecule has 3 aromatic rings. The Morgan fingerprint density at radius 1 is 1.11 bits per heavy atom. The van der Waals surface area contributed by atoms with E-state index in [9.17, 15) is 14.7 Å². The molecule has 0 aliphatic rings. The molecule has 0 aliphatic heterocycles. The molecule has 0 radical (unpaired) electrons. The summed E-state index contributed by atoms with van der Waals surface area (Å²) in [5.41, 5.74) is 5.37. The summed E-state index contributed by atoms with van der Waals surface area (Å²) in [7, 11) is 1.66. The Morgan fingerprint density at radius 3 is 2.41 bits per heavy atom. The van der Waals surface area contributed by atoms with E-state index in [1.54, 1.807) is 7.05 Å². The number of carbonyl (C=O) groups is 2. The van der Waals surface area contributed by atoms with Crippen LogP contribution < -0.4 is 0 Å². The quantitative estimate of drug-likeness (QED) is 0.705. The van der Waals surface area contributed by atoms with Gasteiger partial charge in [-0.3, -0.25) is 9.59 Å². The lowest BCUT2D eigenvalue weighted by Gasteiger charge is -2.27. The number of aromatic nitrogens is 1. The molecule has 5 nitrogen and oxygen atoms in total. The monoisotopic (exact) mass is 364 g/mol. The normalized spacial score (nSPS) is 12.1. The number of aryl methyl sites for hydroxylation is 3. The molecule has 1 amide bonds. The summed E-state index contributed by atoms with van der Waals surface area (Å²) in [6.45, 7) is 5.97. The van der Waals surface area contributed by atoms with Crippen molar-refractivity contribution in [2.75, 3.05) is 7.05 Å². The summed E-state index contributed by atoms with van der Waals surface area (Å²) in [5.74, 6) is -1.15. The van der Waals surface area contributed by atoms with Gasteiger partial charge in [0, 0.05) is 18.0 Å². The van der Waals surface area contributed by atoms with Crippen LogP contribution in [0.25, 0.3) is 10.9 Å². The van der Waals surface area contributed by atoms with Gasteiger partial charge >= 0.3 is 5.97 Å². The zero-order valence-corrected chi connectivity index (χ0v) is 16.0. The number of H-pyrrole nitrogens is 1. The molecule has 1 heterocycles. The molecule has 0 spiro atoms. The number of aliphatic carboxylic acids is 1. The third-order valence-electron chi connectivity index (χ3n) is 5.06. The topological polar surface area (TPSA) is 73.4 Å². The van der Waals surface area contributed by atoms with E-state index in [-0.39, 0.29) is 12.3 Å². The number of amides is 1. The highest BCUT2D eigenvalue weighted by molar-refractivity contribution is 6.02. The van der Waals surface area contributed by atoms with E-state index in [4.69, 9.17) is 0 Å². The van der Waals surface area contributed by atoms with Gasteiger partial charge in [-0.05, 0) is 43.5 Å². The Kier molecular flexibility index (Phi) is 5.04. The second kappa shape index (κ2) is 7.27. The zero-order valence-electron chi connectivity index (χ0n) is 16.0. The van der Waals surface area contributed by atoms with Crippen LogP contribution in [0, 0.1) is 20.8 Å². The van der Waals surface area contributed by atoms with Crippen molar-refractivity contribution >= 4 is 22.8 Å². The molecule has 5 heteroatoms. The number of fused-ring (bicyclic) bond motifs is 1. The SMILES string of the molecule is Cc1cc(C)c2[nH]c(C(=O)N(C)C(CC(=O)O)c3ccccc3)c(C)c2c1. The maximum atomic E-state index is 13.2. The van der Waals surface area contributed by atoms with Crippen LogP contribution in [-0.4, -0.2) is 33.9 Å². The summed E-state index contributed by atoms with van der Waals surface area (Å²) in [4.78, 5) is 29.4. The van der Waals surface area contributed by atoms with Crippen LogP contribution in [0.4, 0.5) is 0 Å². The Morgan fingerprint density at radius 2 is 1.78 bits per heavy atom. The zero-order chi connectivity index (χ0) is 19.7. The van der Waals surface area contributed by atoms with Crippen molar-refractivity contribution in [3.05, 3.63) is 70.4 Å². The number of carboxylic acids is 1. The maximum absolute atomic E-state index is 13.2. The van der Waals surface area contributed by atoms with Crippen LogP contribution in [0.3, 0.4) is 0 Å². The second-order valence-corrected chi connectivity index (χ2v) is 7.07. The molecule has 0 aliphatic carbocycles. The molecule has 0 saturated carbocycles. The first-order chi connectivity index (χ1) is 12.8. The second-order valence-electron chi connectivity index (χ2n) is 7.07. The standard InChI is InChI=1S/C22H24N2O3/c1-13-10-14(2)20-17(11-13)15(3)21(23-20)22(27)24(4)18(12-19(25)26)16-8-6-5-7-9-16/h5-11,18,23H,12H2,1-4H3,(H,25,26). The number of carboxylic acid groups (broad SMARTS) is 1. The van der Waals surface area contributed by atoms with E-state index in [1.165, 1.54) is 4.90 Å². The number of aromatic amines is 1. The van der Waals surface area contributed by atoms with Crippen LogP contribution in [0.1, 0.15) is 45.2 Å². The first-order valence-corrected chi connectivity index (χ1v) is 8.93. The number of carbonyl (C=O) groups excluding carboxylic acids is 1. The van der Waals surface area contributed by atoms with E-state index >= 15 is 0 Å². The molecule has 0 fully saturated rings. The average Bonchev–Trinajstić information content (AvgIpc) is 2.96. The van der Waals surface area contributed by atoms with Crippen LogP contribution in [0.15, 0.2) is 42.5 Å². The van der Waals surface area contributed by atoms with Gasteiger partial charge in [-0.25, -0.2) is 0 Å². The molecule has 0 saturated heterocycles. The predicted octanol–water partition coefficient (Wildman–Crippen LogP) is 4.38. The van der Waals surface area contributed by atoms with Gasteiger partial charge in [0.2, 0.25) is 0 Å². The number of nitrogens with zero attached hydrogens (tertiary/aromatic N) is 1. The van der Waals surface area contributed by atoms with Crippen molar-refractivity contribution in [1.82, 2.24) is 9.88 Å². The van der Waals surface area contributed by atoms with Crippen LogP contribution >= 0.6 is 0 Å². The lowest BCUT2D eigenvalue weighted by molar-refractivity contribution is -0.138. The fourth-order valence-corrected chi connectivity index (χ4v) is 3.63. The minimum absolute atomic E-state index is 0.149. The first kappa shape index (κ1) is 18.7. The van der Waals surface area contributed by atoms with E-state index in [1.807, 2.05) is 51.1 Å². The third kappa shape index (κ3) is 3.58. The molecule has 140 valence electrons. The smallest absolute Gasteiger partial charge is 0.305 e. The molecular formula is C22H24N2O3. The van der Waals surface area contributed by atoms with Crippen LogP contribution in [0.2, 0.25) is 0 Å². The molecule has 1 aromatic heterocycles. The highest BCUT2D eigenvalue weighted by atomic mass is 16.4. The minimum Gasteiger partial charge on any atom is -0.481 e. The van der Waals surface area contributed by atoms with E-state index < -0.39 is 12.0 Å². The average molecular weight is 364 g/mol. The lowest BCUT2D eigenvalue weighted by atomic mass is 10.0. The number of hydrogen-bond acceptors (Lipinski definition) is 2. The van der Waals surface area contributed by atoms with Gasteiger partial charge in [-0.1, -0.05) is 42.0 Å². The first-order valence-electron chi connectivity index (χ1n) is 8.93. The Bertz CT molecular complexity index is 1010. The van der Waals surface area contributed by atoms with E-state index in [0.29, 0.717) is 5.69 Å². The fourth-order valence-electron chi connectivity index (χ4n) is 3.63. The Hall–Kier alpha value is -3.08. The molecule has 0 bridgehead atoms. The molecular weight excluding hydrogens is 340 g/mol. The highest BCUT2D eigenvalue weighted by Crippen LogP contribution is 2.29. The van der Waals surface area contributed by atoms with Crippen LogP contribution in [-0.2, 0) is 4.79 Å². The number of rotatable bonds is 5. The molecule has 1 unspecified atom stereocenters. The van der Waals surface area contributed by atoms with Gasteiger partial charge < -0.3 is 15.0 Å². The minimum atomic E-state index is -0.941. The van der Waals surface area contributed by atoms with Crippen molar-refractivity contribution in [2.45, 2.75) is 33.2 Å². The predicted molar refractivity (Wildman–Crippen MR) is 106 cm³/mol. The Balaban J connectivity index is 2.03. The number of nitrogens with one attached hydrogen (secondary N) is 1. The number of hydrogen-bond donors (Lipinski definition) is 2. The third-order valence-corrected chi connectivity index (χ3v) is 5.06. The molecule has 1 atom stereocenters. The van der Waals surface area contributed by atoms with Gasteiger partial charge in [0.15, 0.2) is 0 Å². The molecule has 27 heavy (non-hydrogen) atoms. The highest BCUT2D eigenvalue weighted by Gasteiger charge is 2.27. The van der Waals surface area contributed by atoms with Crippen molar-refractivity contribution in [2.24, 2.45) is 0 Å². The maximum Gasteiger partial charge on any atom is 0.305 e. The van der Waals surface area contributed by atoms with E-state index in [2.05, 4.69) is 17.1 Å². The van der Waals surface area contributed by atoms with Gasteiger partial charge in [-0.2, -0.15) is 0 Å². The van der Waals surface area contributed by atoms with Crippen molar-refractivity contribution < 1.29 is 14.7 Å². The van der Waals surface area contributed by atoms with Crippen molar-refractivity contribution in [1.29, 1.82) is 0 Å². The van der Waals surface area contributed by atoms with Crippen molar-refractivity contribution in [3.63, 3.8) is 0 Å². The van der Waals surface area contributed by atoms with Crippen molar-refractivity contribution in [3.8, 4) is 0 Å². The largest absolute Gasteiger partial charge is 0.481 e. The Labute approximate surface area is 158 Å². The molecule has 3 rings (SSSR count). The fraction of sp³-hybridized carbons (Fsp3) is 0.273. The van der Waals surface area contributed by atoms with Gasteiger partial charge in [0.1, 0.15) is 5.69 Å². The van der Waals surface area contributed by atoms with E-state index in [0.717, 1.165) is 33.2 Å². The summed E-state index contributed by atoms with van der Waals surface area (Å²) in [5, 5.41) is 10.4.